The smallest absolute Gasteiger partial charge is 0.202 e. The van der Waals surface area contributed by atoms with Gasteiger partial charge in [0.2, 0.25) is 5.13 Å². The van der Waals surface area contributed by atoms with Gasteiger partial charge in [0.15, 0.2) is 0 Å². The van der Waals surface area contributed by atoms with Gasteiger partial charge in [-0.25, -0.2) is 4.98 Å². The first kappa shape index (κ1) is 13.7. The van der Waals surface area contributed by atoms with Gasteiger partial charge in [-0.3, -0.25) is 0 Å². The van der Waals surface area contributed by atoms with Gasteiger partial charge in [-0.1, -0.05) is 26.7 Å². The van der Waals surface area contributed by atoms with Crippen molar-refractivity contribution in [3.63, 3.8) is 0 Å². The van der Waals surface area contributed by atoms with Gasteiger partial charge < -0.3 is 10.2 Å². The minimum Gasteiger partial charge on any atom is -0.359 e. The molecule has 4 nitrogen and oxygen atoms in total. The summed E-state index contributed by atoms with van der Waals surface area (Å²) in [7, 11) is 0. The molecule has 0 atom stereocenters. The lowest BCUT2D eigenvalue weighted by Crippen LogP contribution is -2.29. The van der Waals surface area contributed by atoms with Gasteiger partial charge in [0, 0.05) is 30.5 Å². The average Bonchev–Trinajstić information content (AvgIpc) is 2.67. The van der Waals surface area contributed by atoms with E-state index in [0.29, 0.717) is 5.92 Å². The number of aromatic nitrogens is 2. The molecule has 1 fully saturated rings. The van der Waals surface area contributed by atoms with E-state index in [1.54, 1.807) is 0 Å². The Kier molecular flexibility index (Phi) is 5.38. The predicted octanol–water partition coefficient (Wildman–Crippen LogP) is 2.95. The van der Waals surface area contributed by atoms with Crippen LogP contribution in [-0.4, -0.2) is 40.4 Å². The van der Waals surface area contributed by atoms with E-state index in [1.807, 2.05) is 0 Å². The fourth-order valence-corrected chi connectivity index (χ4v) is 2.95. The van der Waals surface area contributed by atoms with E-state index in [4.69, 9.17) is 0 Å². The molecule has 1 saturated heterocycles. The minimum atomic E-state index is 0.419. The summed E-state index contributed by atoms with van der Waals surface area (Å²) >= 11 is 1.48. The van der Waals surface area contributed by atoms with Crippen molar-refractivity contribution < 1.29 is 0 Å². The lowest BCUT2D eigenvalue weighted by molar-refractivity contribution is 0.296. The van der Waals surface area contributed by atoms with Crippen molar-refractivity contribution in [3.05, 3.63) is 5.82 Å². The Morgan fingerprint density at radius 3 is 2.56 bits per heavy atom. The summed E-state index contributed by atoms with van der Waals surface area (Å²) in [4.78, 5) is 7.05. The Bertz CT molecular complexity index is 343. The molecule has 0 aliphatic carbocycles. The third-order valence-electron chi connectivity index (χ3n) is 3.36. The van der Waals surface area contributed by atoms with E-state index >= 15 is 0 Å². The fraction of sp³-hybridized carbons (Fsp3) is 0.846. The molecular formula is C13H24N4S. The first-order chi connectivity index (χ1) is 8.75. The second-order valence-electron chi connectivity index (χ2n) is 5.30. The van der Waals surface area contributed by atoms with E-state index in [0.717, 1.165) is 24.0 Å². The van der Waals surface area contributed by atoms with Gasteiger partial charge >= 0.3 is 0 Å². The number of rotatable bonds is 5. The van der Waals surface area contributed by atoms with Crippen LogP contribution in [0.1, 0.15) is 51.3 Å². The Morgan fingerprint density at radius 1 is 1.22 bits per heavy atom. The molecule has 1 aliphatic heterocycles. The third-order valence-corrected chi connectivity index (χ3v) is 4.05. The molecule has 102 valence electrons. The summed E-state index contributed by atoms with van der Waals surface area (Å²) in [6.07, 6.45) is 5.52. The molecule has 0 saturated carbocycles. The van der Waals surface area contributed by atoms with Crippen molar-refractivity contribution in [3.8, 4) is 0 Å². The van der Waals surface area contributed by atoms with Gasteiger partial charge in [-0.15, -0.1) is 0 Å². The normalized spacial score (nSPS) is 17.9. The Hall–Kier alpha value is -0.680. The zero-order chi connectivity index (χ0) is 12.8. The van der Waals surface area contributed by atoms with Crippen molar-refractivity contribution in [1.82, 2.24) is 14.3 Å². The van der Waals surface area contributed by atoms with Crippen molar-refractivity contribution in [2.75, 3.05) is 31.5 Å². The number of nitrogens with one attached hydrogen (secondary N) is 1. The van der Waals surface area contributed by atoms with E-state index in [9.17, 15) is 0 Å². The molecule has 0 amide bonds. The topological polar surface area (TPSA) is 41.1 Å². The van der Waals surface area contributed by atoms with Crippen molar-refractivity contribution in [2.24, 2.45) is 0 Å². The van der Waals surface area contributed by atoms with Crippen LogP contribution in [0.25, 0.3) is 0 Å². The monoisotopic (exact) mass is 268 g/mol. The maximum atomic E-state index is 4.49. The van der Waals surface area contributed by atoms with Gasteiger partial charge in [0.05, 0.1) is 0 Å². The number of hydrogen-bond acceptors (Lipinski definition) is 5. The lowest BCUT2D eigenvalue weighted by atomic mass is 10.2. The summed E-state index contributed by atoms with van der Waals surface area (Å²) in [5.74, 6) is 1.37. The lowest BCUT2D eigenvalue weighted by Gasteiger charge is -2.19. The van der Waals surface area contributed by atoms with Crippen LogP contribution >= 0.6 is 11.5 Å². The highest BCUT2D eigenvalue weighted by atomic mass is 32.1. The highest BCUT2D eigenvalue weighted by Crippen LogP contribution is 2.17. The summed E-state index contributed by atoms with van der Waals surface area (Å²) in [6.45, 7) is 8.87. The molecule has 2 rings (SSSR count). The van der Waals surface area contributed by atoms with Gasteiger partial charge in [-0.05, 0) is 25.9 Å². The zero-order valence-corrected chi connectivity index (χ0v) is 12.3. The summed E-state index contributed by atoms with van der Waals surface area (Å²) in [6, 6.07) is 0. The molecule has 0 bridgehead atoms. The average molecular weight is 268 g/mol. The molecule has 0 spiro atoms. The maximum Gasteiger partial charge on any atom is 0.202 e. The molecule has 5 heteroatoms. The minimum absolute atomic E-state index is 0.419. The van der Waals surface area contributed by atoms with Crippen molar-refractivity contribution in [1.29, 1.82) is 0 Å². The van der Waals surface area contributed by atoms with Crippen LogP contribution in [0, 0.1) is 0 Å². The number of anilines is 1. The largest absolute Gasteiger partial charge is 0.359 e. The van der Waals surface area contributed by atoms with Crippen molar-refractivity contribution >= 4 is 16.7 Å². The number of likely N-dealkylation sites (tertiary alicyclic amines) is 1. The van der Waals surface area contributed by atoms with Gasteiger partial charge in [-0.2, -0.15) is 4.37 Å². The highest BCUT2D eigenvalue weighted by Gasteiger charge is 2.10. The van der Waals surface area contributed by atoms with Crippen LogP contribution in [-0.2, 0) is 0 Å². The van der Waals surface area contributed by atoms with Crippen LogP contribution < -0.4 is 5.32 Å². The molecule has 2 heterocycles. The highest BCUT2D eigenvalue weighted by molar-refractivity contribution is 7.09. The molecule has 18 heavy (non-hydrogen) atoms. The van der Waals surface area contributed by atoms with E-state index in [-0.39, 0.29) is 0 Å². The second kappa shape index (κ2) is 7.04. The molecule has 1 aromatic rings. The molecule has 0 radical (unpaired) electrons. The van der Waals surface area contributed by atoms with E-state index in [2.05, 4.69) is 33.4 Å². The van der Waals surface area contributed by atoms with Crippen LogP contribution in [0.5, 0.6) is 0 Å². The standard InChI is InChI=1S/C13H24N4S/c1-11(2)12-15-13(18-16-12)14-7-10-17-8-5-3-4-6-9-17/h11H,3-10H2,1-2H3,(H,14,15,16). The van der Waals surface area contributed by atoms with Crippen LogP contribution in [0.4, 0.5) is 5.13 Å². The first-order valence-electron chi connectivity index (χ1n) is 7.05. The van der Waals surface area contributed by atoms with Crippen LogP contribution in [0.15, 0.2) is 0 Å². The third kappa shape index (κ3) is 4.21. The first-order valence-corrected chi connectivity index (χ1v) is 7.83. The molecule has 0 aromatic carbocycles. The molecule has 1 aromatic heterocycles. The predicted molar refractivity (Wildman–Crippen MR) is 77.4 cm³/mol. The van der Waals surface area contributed by atoms with E-state index < -0.39 is 0 Å². The van der Waals surface area contributed by atoms with Gasteiger partial charge in [0.1, 0.15) is 5.82 Å². The molecule has 1 N–H and O–H groups in total. The molecule has 0 unspecified atom stereocenters. The Balaban J connectivity index is 1.70. The summed E-state index contributed by atoms with van der Waals surface area (Å²) < 4.78 is 4.35. The maximum absolute atomic E-state index is 4.49. The number of hydrogen-bond donors (Lipinski definition) is 1. The zero-order valence-electron chi connectivity index (χ0n) is 11.5. The second-order valence-corrected chi connectivity index (χ2v) is 6.05. The Labute approximate surface area is 114 Å². The summed E-state index contributed by atoms with van der Waals surface area (Å²) in [5.41, 5.74) is 0. The summed E-state index contributed by atoms with van der Waals surface area (Å²) in [5, 5.41) is 4.36. The number of nitrogens with zero attached hydrogens (tertiary/aromatic N) is 3. The van der Waals surface area contributed by atoms with Crippen LogP contribution in [0.2, 0.25) is 0 Å². The molecular weight excluding hydrogens is 244 g/mol. The molecule has 1 aliphatic rings. The van der Waals surface area contributed by atoms with E-state index in [1.165, 1.54) is 50.3 Å². The SMILES string of the molecule is CC(C)c1nsc(NCCN2CCCCCC2)n1. The van der Waals surface area contributed by atoms with Gasteiger partial charge in [0.25, 0.3) is 0 Å². The Morgan fingerprint density at radius 2 is 1.94 bits per heavy atom. The van der Waals surface area contributed by atoms with Crippen molar-refractivity contribution in [2.45, 2.75) is 45.4 Å². The van der Waals surface area contributed by atoms with Crippen LogP contribution in [0.3, 0.4) is 0 Å². The quantitative estimate of drug-likeness (QED) is 0.891. The fourth-order valence-electron chi connectivity index (χ4n) is 2.22.